The Labute approximate surface area is 159 Å². The second kappa shape index (κ2) is 8.03. The second-order valence-corrected chi connectivity index (χ2v) is 7.62. The highest BCUT2D eigenvalue weighted by atomic mass is 16.5. The van der Waals surface area contributed by atoms with E-state index in [-0.39, 0.29) is 18.6 Å². The number of ether oxygens (including phenoxy) is 1. The summed E-state index contributed by atoms with van der Waals surface area (Å²) in [5, 5.41) is 3.01. The smallest absolute Gasteiger partial charge is 0.338 e. The van der Waals surface area contributed by atoms with Crippen molar-refractivity contribution in [3.05, 3.63) is 35.2 Å². The molecule has 27 heavy (non-hydrogen) atoms. The summed E-state index contributed by atoms with van der Waals surface area (Å²) in [6, 6.07) is 5.20. The molecular weight excluding hydrogens is 342 g/mol. The van der Waals surface area contributed by atoms with Gasteiger partial charge in [-0.1, -0.05) is 26.7 Å². The molecule has 0 saturated heterocycles. The van der Waals surface area contributed by atoms with Crippen molar-refractivity contribution < 1.29 is 14.3 Å². The van der Waals surface area contributed by atoms with Crippen LogP contribution in [-0.2, 0) is 9.53 Å². The minimum atomic E-state index is -0.530. The topological polar surface area (TPSA) is 81.2 Å². The van der Waals surface area contributed by atoms with Crippen molar-refractivity contribution in [1.82, 2.24) is 15.3 Å². The molecule has 1 fully saturated rings. The standard InChI is InChI=1S/C21H27N3O3/c1-12-6-5-7-17(13(12)2)24-20(25)11-27-21(26)16-8-9-18-19(10-16)23-15(4)14(3)22-18/h8-10,12-13,17H,5-7,11H2,1-4H3,(H,24,25)/t12-,13+,17-/m1/s1. The van der Waals surface area contributed by atoms with Crippen LogP contribution < -0.4 is 5.32 Å². The summed E-state index contributed by atoms with van der Waals surface area (Å²) in [6.07, 6.45) is 3.30. The highest BCUT2D eigenvalue weighted by molar-refractivity contribution is 5.94. The molecule has 6 heteroatoms. The molecule has 2 aromatic rings. The summed E-state index contributed by atoms with van der Waals surface area (Å²) in [4.78, 5) is 33.4. The van der Waals surface area contributed by atoms with Crippen LogP contribution >= 0.6 is 0 Å². The zero-order valence-corrected chi connectivity index (χ0v) is 16.4. The molecule has 1 N–H and O–H groups in total. The van der Waals surface area contributed by atoms with Crippen LogP contribution in [0.3, 0.4) is 0 Å². The van der Waals surface area contributed by atoms with Crippen molar-refractivity contribution in [2.24, 2.45) is 11.8 Å². The molecule has 6 nitrogen and oxygen atoms in total. The number of amides is 1. The average molecular weight is 369 g/mol. The molecule has 3 rings (SSSR count). The maximum absolute atomic E-state index is 12.3. The number of hydrogen-bond acceptors (Lipinski definition) is 5. The maximum atomic E-state index is 12.3. The van der Waals surface area contributed by atoms with E-state index >= 15 is 0 Å². The van der Waals surface area contributed by atoms with Gasteiger partial charge in [0.15, 0.2) is 6.61 Å². The number of aromatic nitrogens is 2. The number of carbonyl (C=O) groups excluding carboxylic acids is 2. The SMILES string of the molecule is Cc1nc2ccc(C(=O)OCC(=O)N[C@@H]3CCC[C@@H](C)[C@@H]3C)cc2nc1C. The number of nitrogens with zero attached hydrogens (tertiary/aromatic N) is 2. The quantitative estimate of drug-likeness (QED) is 0.836. The molecule has 144 valence electrons. The third kappa shape index (κ3) is 4.43. The van der Waals surface area contributed by atoms with Crippen LogP contribution in [-0.4, -0.2) is 34.5 Å². The van der Waals surface area contributed by atoms with Gasteiger partial charge in [-0.15, -0.1) is 0 Å². The Morgan fingerprint density at radius 3 is 2.56 bits per heavy atom. The number of aryl methyl sites for hydroxylation is 2. The highest BCUT2D eigenvalue weighted by Gasteiger charge is 2.28. The molecule has 0 aliphatic heterocycles. The van der Waals surface area contributed by atoms with E-state index < -0.39 is 5.97 Å². The lowest BCUT2D eigenvalue weighted by molar-refractivity contribution is -0.125. The minimum Gasteiger partial charge on any atom is -0.452 e. The van der Waals surface area contributed by atoms with E-state index in [9.17, 15) is 9.59 Å². The van der Waals surface area contributed by atoms with Crippen molar-refractivity contribution in [3.63, 3.8) is 0 Å². The summed E-state index contributed by atoms with van der Waals surface area (Å²) in [7, 11) is 0. The first-order valence-corrected chi connectivity index (χ1v) is 9.56. The minimum absolute atomic E-state index is 0.155. The number of hydrogen-bond donors (Lipinski definition) is 1. The van der Waals surface area contributed by atoms with Crippen molar-refractivity contribution in [1.29, 1.82) is 0 Å². The van der Waals surface area contributed by atoms with Gasteiger partial charge in [0.2, 0.25) is 0 Å². The van der Waals surface area contributed by atoms with Crippen LogP contribution in [0.5, 0.6) is 0 Å². The van der Waals surface area contributed by atoms with Gasteiger partial charge in [-0.05, 0) is 50.3 Å². The Kier molecular flexibility index (Phi) is 5.73. The lowest BCUT2D eigenvalue weighted by Gasteiger charge is -2.34. The fourth-order valence-corrected chi connectivity index (χ4v) is 3.61. The number of carbonyl (C=O) groups is 2. The van der Waals surface area contributed by atoms with Gasteiger partial charge in [0.1, 0.15) is 0 Å². The zero-order chi connectivity index (χ0) is 19.6. The monoisotopic (exact) mass is 369 g/mol. The summed E-state index contributed by atoms with van der Waals surface area (Å²) < 4.78 is 5.20. The van der Waals surface area contributed by atoms with Gasteiger partial charge >= 0.3 is 5.97 Å². The molecule has 3 atom stereocenters. The Bertz CT molecular complexity index is 865. The summed E-state index contributed by atoms with van der Waals surface area (Å²) in [5.41, 5.74) is 3.42. The van der Waals surface area contributed by atoms with E-state index in [0.29, 0.717) is 22.9 Å². The molecule has 1 aliphatic rings. The molecule has 0 unspecified atom stereocenters. The van der Waals surface area contributed by atoms with Crippen molar-refractivity contribution >= 4 is 22.9 Å². The van der Waals surface area contributed by atoms with Gasteiger partial charge in [0, 0.05) is 6.04 Å². The lowest BCUT2D eigenvalue weighted by atomic mass is 9.78. The van der Waals surface area contributed by atoms with Crippen molar-refractivity contribution in [3.8, 4) is 0 Å². The van der Waals surface area contributed by atoms with Crippen LogP contribution in [0, 0.1) is 25.7 Å². The fourth-order valence-electron chi connectivity index (χ4n) is 3.61. The molecule has 1 aliphatic carbocycles. The van der Waals surface area contributed by atoms with Crippen LogP contribution in [0.25, 0.3) is 11.0 Å². The van der Waals surface area contributed by atoms with Crippen LogP contribution in [0.15, 0.2) is 18.2 Å². The van der Waals surface area contributed by atoms with Gasteiger partial charge < -0.3 is 10.1 Å². The maximum Gasteiger partial charge on any atom is 0.338 e. The lowest BCUT2D eigenvalue weighted by Crippen LogP contribution is -2.45. The third-order valence-electron chi connectivity index (χ3n) is 5.70. The third-order valence-corrected chi connectivity index (χ3v) is 5.70. The summed E-state index contributed by atoms with van der Waals surface area (Å²) >= 11 is 0. The highest BCUT2D eigenvalue weighted by Crippen LogP contribution is 2.29. The van der Waals surface area contributed by atoms with Crippen LogP contribution in [0.2, 0.25) is 0 Å². The predicted molar refractivity (Wildman–Crippen MR) is 103 cm³/mol. The van der Waals surface area contributed by atoms with Crippen molar-refractivity contribution in [2.75, 3.05) is 6.61 Å². The Morgan fingerprint density at radius 1 is 1.11 bits per heavy atom. The van der Waals surface area contributed by atoms with E-state index in [1.54, 1.807) is 18.2 Å². The Morgan fingerprint density at radius 2 is 1.81 bits per heavy atom. The van der Waals surface area contributed by atoms with Gasteiger partial charge in [-0.25, -0.2) is 14.8 Å². The van der Waals surface area contributed by atoms with E-state index in [2.05, 4.69) is 29.1 Å². The average Bonchev–Trinajstić information content (AvgIpc) is 2.64. The first-order valence-electron chi connectivity index (χ1n) is 9.56. The van der Waals surface area contributed by atoms with E-state index in [1.807, 2.05) is 13.8 Å². The second-order valence-electron chi connectivity index (χ2n) is 7.62. The normalized spacial score (nSPS) is 22.4. The van der Waals surface area contributed by atoms with Crippen LogP contribution in [0.1, 0.15) is 54.9 Å². The van der Waals surface area contributed by atoms with Gasteiger partial charge in [0.25, 0.3) is 5.91 Å². The first kappa shape index (κ1) is 19.3. The molecule has 0 radical (unpaired) electrons. The van der Waals surface area contributed by atoms with Gasteiger partial charge in [-0.3, -0.25) is 4.79 Å². The number of benzene rings is 1. The summed E-state index contributed by atoms with van der Waals surface area (Å²) in [5.74, 6) is 0.250. The van der Waals surface area contributed by atoms with E-state index in [0.717, 1.165) is 29.7 Å². The van der Waals surface area contributed by atoms with Gasteiger partial charge in [0.05, 0.1) is 28.0 Å². The molecule has 1 aromatic heterocycles. The largest absolute Gasteiger partial charge is 0.452 e. The molecule has 1 saturated carbocycles. The fraction of sp³-hybridized carbons (Fsp3) is 0.524. The Balaban J connectivity index is 1.59. The van der Waals surface area contributed by atoms with E-state index in [4.69, 9.17) is 4.74 Å². The molecule has 1 amide bonds. The molecule has 1 aromatic carbocycles. The van der Waals surface area contributed by atoms with E-state index in [1.165, 1.54) is 6.42 Å². The number of nitrogens with one attached hydrogen (secondary N) is 1. The number of rotatable bonds is 4. The Hall–Kier alpha value is -2.50. The molecule has 0 spiro atoms. The van der Waals surface area contributed by atoms with Gasteiger partial charge in [-0.2, -0.15) is 0 Å². The molecule has 0 bridgehead atoms. The first-order chi connectivity index (χ1) is 12.8. The predicted octanol–water partition coefficient (Wildman–Crippen LogP) is 3.34. The van der Waals surface area contributed by atoms with Crippen LogP contribution in [0.4, 0.5) is 0 Å². The van der Waals surface area contributed by atoms with Crippen molar-refractivity contribution in [2.45, 2.75) is 53.0 Å². The number of fused-ring (bicyclic) bond motifs is 1. The molecular formula is C21H27N3O3. The molecule has 1 heterocycles. The number of esters is 1. The summed E-state index contributed by atoms with van der Waals surface area (Å²) in [6.45, 7) is 7.89. The zero-order valence-electron chi connectivity index (χ0n) is 16.4.